The number of nitrogens with zero attached hydrogens (tertiary/aromatic N) is 2. The van der Waals surface area contributed by atoms with E-state index in [0.29, 0.717) is 5.75 Å². The third-order valence-corrected chi connectivity index (χ3v) is 4.60. The number of aryl methyl sites for hydroxylation is 2. The average molecular weight is 326 g/mol. The standard InChI is InChI=1S/C20H26N2O2/c1-16-3-4-17(2)20(15-16)24-14-13-21-9-11-22(12-10-21)18-5-7-19(23)8-6-18/h3-8,15,23H,9-14H2,1-2H3. The Hall–Kier alpha value is -2.20. The highest BCUT2D eigenvalue weighted by Gasteiger charge is 2.17. The molecule has 4 heteroatoms. The van der Waals surface area contributed by atoms with E-state index in [4.69, 9.17) is 4.74 Å². The molecule has 1 heterocycles. The van der Waals surface area contributed by atoms with Gasteiger partial charge in [-0.1, -0.05) is 12.1 Å². The number of phenols is 1. The molecule has 1 aliphatic rings. The van der Waals surface area contributed by atoms with Crippen molar-refractivity contribution in [3.8, 4) is 11.5 Å². The fraction of sp³-hybridized carbons (Fsp3) is 0.400. The Morgan fingerprint density at radius 3 is 2.38 bits per heavy atom. The van der Waals surface area contributed by atoms with Crippen LogP contribution in [0.5, 0.6) is 11.5 Å². The van der Waals surface area contributed by atoms with Gasteiger partial charge >= 0.3 is 0 Å². The zero-order chi connectivity index (χ0) is 16.9. The van der Waals surface area contributed by atoms with E-state index in [0.717, 1.165) is 45.1 Å². The number of hydrogen-bond donors (Lipinski definition) is 1. The van der Waals surface area contributed by atoms with Gasteiger partial charge in [0, 0.05) is 38.4 Å². The largest absolute Gasteiger partial charge is 0.508 e. The van der Waals surface area contributed by atoms with Crippen LogP contribution in [0.2, 0.25) is 0 Å². The van der Waals surface area contributed by atoms with Gasteiger partial charge in [-0.3, -0.25) is 4.90 Å². The first-order valence-electron chi connectivity index (χ1n) is 8.58. The number of piperazine rings is 1. The van der Waals surface area contributed by atoms with Crippen LogP contribution < -0.4 is 9.64 Å². The molecule has 1 N–H and O–H groups in total. The van der Waals surface area contributed by atoms with Crippen LogP contribution in [0.1, 0.15) is 11.1 Å². The molecule has 1 saturated heterocycles. The Labute approximate surface area is 144 Å². The summed E-state index contributed by atoms with van der Waals surface area (Å²) in [5, 5.41) is 9.38. The molecule has 0 spiro atoms. The predicted octanol–water partition coefficient (Wildman–Crippen LogP) is 3.21. The van der Waals surface area contributed by atoms with E-state index in [1.54, 1.807) is 12.1 Å². The van der Waals surface area contributed by atoms with Crippen LogP contribution in [0.15, 0.2) is 42.5 Å². The Morgan fingerprint density at radius 1 is 0.958 bits per heavy atom. The minimum absolute atomic E-state index is 0.320. The van der Waals surface area contributed by atoms with E-state index in [-0.39, 0.29) is 0 Å². The zero-order valence-corrected chi connectivity index (χ0v) is 14.5. The van der Waals surface area contributed by atoms with Crippen molar-refractivity contribution < 1.29 is 9.84 Å². The number of hydrogen-bond acceptors (Lipinski definition) is 4. The third kappa shape index (κ3) is 4.20. The lowest BCUT2D eigenvalue weighted by Crippen LogP contribution is -2.47. The monoisotopic (exact) mass is 326 g/mol. The molecule has 0 aliphatic carbocycles. The van der Waals surface area contributed by atoms with E-state index < -0.39 is 0 Å². The highest BCUT2D eigenvalue weighted by molar-refractivity contribution is 5.49. The van der Waals surface area contributed by atoms with Gasteiger partial charge in [-0.25, -0.2) is 0 Å². The van der Waals surface area contributed by atoms with Gasteiger partial charge in [0.1, 0.15) is 18.1 Å². The first kappa shape index (κ1) is 16.7. The molecule has 3 rings (SSSR count). The Kier molecular flexibility index (Phi) is 5.26. The van der Waals surface area contributed by atoms with Gasteiger partial charge in [-0.2, -0.15) is 0 Å². The summed E-state index contributed by atoms with van der Waals surface area (Å²) in [5.41, 5.74) is 3.61. The number of rotatable bonds is 5. The van der Waals surface area contributed by atoms with Crippen LogP contribution >= 0.6 is 0 Å². The molecule has 2 aromatic rings. The maximum absolute atomic E-state index is 9.38. The Balaban J connectivity index is 1.44. The van der Waals surface area contributed by atoms with E-state index in [2.05, 4.69) is 41.8 Å². The van der Waals surface area contributed by atoms with Gasteiger partial charge in [0.05, 0.1) is 0 Å². The molecule has 1 aliphatic heterocycles. The predicted molar refractivity (Wildman–Crippen MR) is 98.2 cm³/mol. The van der Waals surface area contributed by atoms with Crippen molar-refractivity contribution in [3.05, 3.63) is 53.6 Å². The van der Waals surface area contributed by atoms with Crippen molar-refractivity contribution in [2.24, 2.45) is 0 Å². The molecule has 24 heavy (non-hydrogen) atoms. The SMILES string of the molecule is Cc1ccc(C)c(OCCN2CCN(c3ccc(O)cc3)CC2)c1. The first-order chi connectivity index (χ1) is 11.6. The van der Waals surface area contributed by atoms with Crippen molar-refractivity contribution >= 4 is 5.69 Å². The summed E-state index contributed by atoms with van der Waals surface area (Å²) in [6.07, 6.45) is 0. The fourth-order valence-corrected chi connectivity index (χ4v) is 3.04. The number of ether oxygens (including phenoxy) is 1. The smallest absolute Gasteiger partial charge is 0.122 e. The maximum atomic E-state index is 9.38. The summed E-state index contributed by atoms with van der Waals surface area (Å²) in [4.78, 5) is 4.81. The maximum Gasteiger partial charge on any atom is 0.122 e. The van der Waals surface area contributed by atoms with Crippen molar-refractivity contribution in [2.75, 3.05) is 44.2 Å². The minimum atomic E-state index is 0.320. The molecule has 0 atom stereocenters. The van der Waals surface area contributed by atoms with Gasteiger partial charge < -0.3 is 14.7 Å². The molecular weight excluding hydrogens is 300 g/mol. The molecule has 0 amide bonds. The summed E-state index contributed by atoms with van der Waals surface area (Å²) in [7, 11) is 0. The molecule has 2 aromatic carbocycles. The lowest BCUT2D eigenvalue weighted by molar-refractivity contribution is 0.200. The molecular formula is C20H26N2O2. The second-order valence-corrected chi connectivity index (χ2v) is 6.46. The van der Waals surface area contributed by atoms with Gasteiger partial charge in [0.2, 0.25) is 0 Å². The lowest BCUT2D eigenvalue weighted by Gasteiger charge is -2.36. The second kappa shape index (κ2) is 7.58. The van der Waals surface area contributed by atoms with Gasteiger partial charge in [-0.15, -0.1) is 0 Å². The quantitative estimate of drug-likeness (QED) is 0.915. The van der Waals surface area contributed by atoms with Crippen LogP contribution in [0.3, 0.4) is 0 Å². The van der Waals surface area contributed by atoms with Crippen LogP contribution in [0.25, 0.3) is 0 Å². The lowest BCUT2D eigenvalue weighted by atomic mass is 10.1. The van der Waals surface area contributed by atoms with Crippen molar-refractivity contribution in [1.29, 1.82) is 0 Å². The normalized spacial score (nSPS) is 15.5. The number of benzene rings is 2. The van der Waals surface area contributed by atoms with Crippen LogP contribution in [-0.2, 0) is 0 Å². The highest BCUT2D eigenvalue weighted by Crippen LogP contribution is 2.21. The fourth-order valence-electron chi connectivity index (χ4n) is 3.04. The number of aromatic hydroxyl groups is 1. The molecule has 0 aromatic heterocycles. The summed E-state index contributed by atoms with van der Waals surface area (Å²) in [6, 6.07) is 13.8. The van der Waals surface area contributed by atoms with Crippen molar-refractivity contribution in [3.63, 3.8) is 0 Å². The summed E-state index contributed by atoms with van der Waals surface area (Å²) < 4.78 is 5.96. The first-order valence-corrected chi connectivity index (χ1v) is 8.58. The molecule has 0 bridgehead atoms. The van der Waals surface area contributed by atoms with Crippen molar-refractivity contribution in [2.45, 2.75) is 13.8 Å². The van der Waals surface area contributed by atoms with E-state index in [1.165, 1.54) is 16.8 Å². The third-order valence-electron chi connectivity index (χ3n) is 4.60. The van der Waals surface area contributed by atoms with Gasteiger partial charge in [0.25, 0.3) is 0 Å². The van der Waals surface area contributed by atoms with E-state index in [9.17, 15) is 5.11 Å². The molecule has 0 saturated carbocycles. The van der Waals surface area contributed by atoms with E-state index in [1.807, 2.05) is 12.1 Å². The summed E-state index contributed by atoms with van der Waals surface area (Å²) in [5.74, 6) is 1.32. The zero-order valence-electron chi connectivity index (χ0n) is 14.5. The van der Waals surface area contributed by atoms with Crippen molar-refractivity contribution in [1.82, 2.24) is 4.90 Å². The number of phenolic OH excluding ortho intramolecular Hbond substituents is 1. The Bertz CT molecular complexity index is 662. The van der Waals surface area contributed by atoms with Crippen LogP contribution in [0, 0.1) is 13.8 Å². The second-order valence-electron chi connectivity index (χ2n) is 6.46. The minimum Gasteiger partial charge on any atom is -0.508 e. The average Bonchev–Trinajstić information content (AvgIpc) is 2.59. The highest BCUT2D eigenvalue weighted by atomic mass is 16.5. The Morgan fingerprint density at radius 2 is 1.67 bits per heavy atom. The molecule has 128 valence electrons. The molecule has 4 nitrogen and oxygen atoms in total. The molecule has 0 radical (unpaired) electrons. The topological polar surface area (TPSA) is 35.9 Å². The van der Waals surface area contributed by atoms with Gasteiger partial charge in [0.15, 0.2) is 0 Å². The molecule has 1 fully saturated rings. The van der Waals surface area contributed by atoms with Crippen LogP contribution in [-0.4, -0.2) is 49.3 Å². The van der Waals surface area contributed by atoms with E-state index >= 15 is 0 Å². The number of anilines is 1. The van der Waals surface area contributed by atoms with Gasteiger partial charge in [-0.05, 0) is 55.3 Å². The molecule has 0 unspecified atom stereocenters. The van der Waals surface area contributed by atoms with Crippen LogP contribution in [0.4, 0.5) is 5.69 Å². The summed E-state index contributed by atoms with van der Waals surface area (Å²) >= 11 is 0. The summed E-state index contributed by atoms with van der Waals surface area (Å²) in [6.45, 7) is 9.96.